The molecule has 0 aromatic heterocycles. The molecule has 14 heteroatoms. The van der Waals surface area contributed by atoms with Crippen molar-refractivity contribution in [3.63, 3.8) is 0 Å². The molecular weight excluding hydrogens is 744 g/mol. The summed E-state index contributed by atoms with van der Waals surface area (Å²) in [7, 11) is -0.865. The minimum Gasteiger partial charge on any atom is -0.490 e. The van der Waals surface area contributed by atoms with E-state index in [0.717, 1.165) is 70.3 Å². The van der Waals surface area contributed by atoms with Gasteiger partial charge in [-0.3, -0.25) is 14.4 Å². The number of aryl methyl sites for hydroxylation is 1. The fourth-order valence-electron chi connectivity index (χ4n) is 8.81. The Morgan fingerprint density at radius 3 is 2.58 bits per heavy atom. The average molecular weight is 799 g/mol. The van der Waals surface area contributed by atoms with Crippen molar-refractivity contribution >= 4 is 45.4 Å². The third kappa shape index (κ3) is 8.76. The quantitative estimate of drug-likeness (QED) is 0.335. The number of carbonyl (C=O) groups excluding carboxylic acids is 3. The van der Waals surface area contributed by atoms with E-state index in [1.807, 2.05) is 30.0 Å². The normalized spacial score (nSPS) is 30.8. The van der Waals surface area contributed by atoms with Crippen LogP contribution in [0.3, 0.4) is 0 Å². The fraction of sp³-hybridized carbons (Fsp3) is 0.585. The number of rotatable bonds is 4. The summed E-state index contributed by atoms with van der Waals surface area (Å²) in [5, 5.41) is 3.05. The summed E-state index contributed by atoms with van der Waals surface area (Å²) in [6.07, 6.45) is 9.65. The van der Waals surface area contributed by atoms with Crippen molar-refractivity contribution in [2.75, 3.05) is 71.6 Å². The zero-order valence-electron chi connectivity index (χ0n) is 32.4. The molecule has 2 bridgehead atoms. The lowest BCUT2D eigenvalue weighted by molar-refractivity contribution is -0.136. The zero-order chi connectivity index (χ0) is 39.4. The molecule has 2 aliphatic carbocycles. The van der Waals surface area contributed by atoms with E-state index >= 15 is 0 Å². The number of benzene rings is 2. The molecule has 0 radical (unpaired) electrons. The number of aldehydes is 1. The van der Waals surface area contributed by atoms with Crippen LogP contribution in [-0.4, -0.2) is 109 Å². The number of sulfonamides is 1. The largest absolute Gasteiger partial charge is 0.490 e. The molecule has 300 valence electrons. The van der Waals surface area contributed by atoms with Gasteiger partial charge in [0.05, 0.1) is 17.5 Å². The van der Waals surface area contributed by atoms with Gasteiger partial charge >= 0.3 is 0 Å². The van der Waals surface area contributed by atoms with Crippen molar-refractivity contribution in [3.05, 3.63) is 70.3 Å². The van der Waals surface area contributed by atoms with E-state index in [1.165, 1.54) is 11.1 Å². The first-order chi connectivity index (χ1) is 26.3. The van der Waals surface area contributed by atoms with Crippen molar-refractivity contribution in [2.24, 2.45) is 17.8 Å². The maximum atomic E-state index is 13.4. The SMILES string of the molecule is COCC(=O)N1CCNCC1.CO[C@@]1(C=O)/C=C/C[C@H](C)[C@@H](C)S(=O)(=O)NC(=O)c2ccc3c(c2)N(C[C@@H]2CC[C@H]21)C[C@@]1(CCCc2cc(Cl)ccc21)CO3. The molecule has 2 aromatic carbocycles. The number of ether oxygens (including phenoxy) is 3. The Hall–Kier alpha value is -3.49. The Kier molecular flexibility index (Phi) is 13.0. The van der Waals surface area contributed by atoms with Gasteiger partial charge in [-0.1, -0.05) is 30.7 Å². The number of halogens is 1. The zero-order valence-corrected chi connectivity index (χ0v) is 33.9. The van der Waals surface area contributed by atoms with Crippen LogP contribution in [0.1, 0.15) is 67.4 Å². The summed E-state index contributed by atoms with van der Waals surface area (Å²) in [5.74, 6) is -0.111. The van der Waals surface area contributed by atoms with Gasteiger partial charge in [0.1, 0.15) is 18.0 Å². The summed E-state index contributed by atoms with van der Waals surface area (Å²) < 4.78 is 46.1. The number of methoxy groups -OCH3 is 2. The van der Waals surface area contributed by atoms with Crippen LogP contribution in [0.15, 0.2) is 48.6 Å². The van der Waals surface area contributed by atoms with Crippen LogP contribution in [0.2, 0.25) is 5.02 Å². The van der Waals surface area contributed by atoms with Gasteiger partial charge in [-0.25, -0.2) is 13.1 Å². The van der Waals surface area contributed by atoms with E-state index in [0.29, 0.717) is 36.9 Å². The van der Waals surface area contributed by atoms with Gasteiger partial charge in [0.25, 0.3) is 5.91 Å². The highest BCUT2D eigenvalue weighted by Crippen LogP contribution is 2.48. The number of hydrogen-bond donors (Lipinski definition) is 2. The summed E-state index contributed by atoms with van der Waals surface area (Å²) >= 11 is 6.40. The molecule has 2 amide bonds. The number of amides is 2. The van der Waals surface area contributed by atoms with Crippen LogP contribution in [0.4, 0.5) is 5.69 Å². The van der Waals surface area contributed by atoms with Crippen molar-refractivity contribution in [1.82, 2.24) is 14.9 Å². The predicted molar refractivity (Wildman–Crippen MR) is 212 cm³/mol. The van der Waals surface area contributed by atoms with Crippen LogP contribution in [0, 0.1) is 17.8 Å². The van der Waals surface area contributed by atoms with Crippen LogP contribution < -0.4 is 19.7 Å². The van der Waals surface area contributed by atoms with Crippen molar-refractivity contribution in [2.45, 2.75) is 68.6 Å². The number of hydrogen-bond acceptors (Lipinski definition) is 10. The smallest absolute Gasteiger partial charge is 0.264 e. The molecule has 1 saturated carbocycles. The molecule has 12 nitrogen and oxygen atoms in total. The van der Waals surface area contributed by atoms with Gasteiger partial charge in [-0.05, 0) is 105 Å². The molecule has 7 rings (SSSR count). The molecular formula is C41H55ClN4O8S. The van der Waals surface area contributed by atoms with Crippen LogP contribution in [0.5, 0.6) is 5.75 Å². The standard InChI is InChI=1S/C34H41ClN2O6S.C7H14N2O2/c1-22-6-4-15-34(20-38,42-3)29-11-8-26(29)18-37-19-33(14-5-7-24-16-27(35)10-12-28(24)33)21-43-31-13-9-25(17-30(31)37)32(39)36-44(40,41)23(22)2;1-11-6-7(10)9-4-2-8-3-5-9/h4,9-10,12-13,15-17,20,22-23,26,29H,5-8,11,14,18-19,21H2,1-3H3,(H,36,39);8H,2-6H2,1H3/b15-4+;/t22-,23+,26-,29+,33-,34+;/m0./s1. The highest BCUT2D eigenvalue weighted by Gasteiger charge is 2.49. The monoisotopic (exact) mass is 798 g/mol. The minimum atomic E-state index is -3.97. The maximum absolute atomic E-state index is 13.4. The number of carbonyl (C=O) groups is 3. The van der Waals surface area contributed by atoms with Crippen LogP contribution in [-0.2, 0) is 40.9 Å². The molecule has 55 heavy (non-hydrogen) atoms. The maximum Gasteiger partial charge on any atom is 0.264 e. The van der Waals surface area contributed by atoms with E-state index in [-0.39, 0.29) is 41.2 Å². The lowest BCUT2D eigenvalue weighted by Gasteiger charge is -2.48. The molecule has 2 N–H and O–H groups in total. The Balaban J connectivity index is 0.000000403. The first-order valence-electron chi connectivity index (χ1n) is 19.4. The number of anilines is 1. The first kappa shape index (κ1) is 41.2. The summed E-state index contributed by atoms with van der Waals surface area (Å²) in [6, 6.07) is 11.3. The number of fused-ring (bicyclic) bond motifs is 4. The van der Waals surface area contributed by atoms with Gasteiger partial charge in [-0.15, -0.1) is 0 Å². The number of piperazine rings is 1. The molecule has 1 spiro atoms. The predicted octanol–water partition coefficient (Wildman–Crippen LogP) is 4.53. The van der Waals surface area contributed by atoms with Gasteiger partial charge in [-0.2, -0.15) is 0 Å². The Morgan fingerprint density at radius 1 is 1.11 bits per heavy atom. The average Bonchev–Trinajstić information content (AvgIpc) is 3.32. The third-order valence-electron chi connectivity index (χ3n) is 12.4. The lowest BCUT2D eigenvalue weighted by Crippen LogP contribution is -2.53. The van der Waals surface area contributed by atoms with Crippen molar-refractivity contribution in [3.8, 4) is 5.75 Å². The summed E-state index contributed by atoms with van der Waals surface area (Å²) in [6.45, 7) is 8.79. The Bertz CT molecular complexity index is 1870. The Morgan fingerprint density at radius 2 is 1.89 bits per heavy atom. The molecule has 5 aliphatic rings. The summed E-state index contributed by atoms with van der Waals surface area (Å²) in [4.78, 5) is 41.4. The minimum absolute atomic E-state index is 0.0434. The molecule has 6 atom stereocenters. The van der Waals surface area contributed by atoms with Gasteiger partial charge in [0, 0.05) is 75.4 Å². The second-order valence-electron chi connectivity index (χ2n) is 15.8. The molecule has 0 unspecified atom stereocenters. The first-order valence-corrected chi connectivity index (χ1v) is 21.3. The number of nitrogens with one attached hydrogen (secondary N) is 2. The van der Waals surface area contributed by atoms with Crippen molar-refractivity contribution in [1.29, 1.82) is 0 Å². The fourth-order valence-corrected chi connectivity index (χ4v) is 10.3. The van der Waals surface area contributed by atoms with E-state index in [2.05, 4.69) is 27.1 Å². The molecule has 2 fully saturated rings. The second-order valence-corrected chi connectivity index (χ2v) is 18.2. The van der Waals surface area contributed by atoms with Gasteiger partial charge < -0.3 is 29.3 Å². The second kappa shape index (κ2) is 17.3. The van der Waals surface area contributed by atoms with E-state index in [1.54, 1.807) is 39.3 Å². The number of nitrogens with zero attached hydrogens (tertiary/aromatic N) is 2. The summed E-state index contributed by atoms with van der Waals surface area (Å²) in [5.41, 5.74) is 2.05. The highest BCUT2D eigenvalue weighted by molar-refractivity contribution is 7.90. The molecule has 3 heterocycles. The Labute approximate surface area is 330 Å². The topological polar surface area (TPSA) is 144 Å². The van der Waals surface area contributed by atoms with Gasteiger partial charge in [0.15, 0.2) is 6.29 Å². The lowest BCUT2D eigenvalue weighted by atomic mass is 9.64. The third-order valence-corrected chi connectivity index (χ3v) is 14.6. The van der Waals surface area contributed by atoms with Crippen LogP contribution in [0.25, 0.3) is 0 Å². The van der Waals surface area contributed by atoms with E-state index in [4.69, 9.17) is 25.8 Å². The van der Waals surface area contributed by atoms with Crippen LogP contribution >= 0.6 is 11.6 Å². The van der Waals surface area contributed by atoms with Gasteiger partial charge in [0.2, 0.25) is 15.9 Å². The van der Waals surface area contributed by atoms with E-state index in [9.17, 15) is 22.8 Å². The highest BCUT2D eigenvalue weighted by atomic mass is 35.5. The molecule has 3 aliphatic heterocycles. The van der Waals surface area contributed by atoms with E-state index < -0.39 is 26.8 Å². The number of allylic oxidation sites excluding steroid dienone is 1. The molecule has 1 saturated heterocycles. The molecule has 2 aromatic rings. The van der Waals surface area contributed by atoms with Crippen molar-refractivity contribution < 1.29 is 37.0 Å².